The summed E-state index contributed by atoms with van der Waals surface area (Å²) >= 11 is 0. The van der Waals surface area contributed by atoms with Crippen molar-refractivity contribution in [2.75, 3.05) is 18.0 Å². The zero-order valence-electron chi connectivity index (χ0n) is 25.3. The first kappa shape index (κ1) is 27.8. The molecule has 2 unspecified atom stereocenters. The van der Waals surface area contributed by atoms with Crippen LogP contribution < -0.4 is 31.8 Å². The fraction of sp³-hybridized carbons (Fsp3) is 0.179. The van der Waals surface area contributed by atoms with Gasteiger partial charge in [-0.25, -0.2) is 0 Å². The van der Waals surface area contributed by atoms with Crippen LogP contribution in [0.25, 0.3) is 11.5 Å². The molecule has 2 bridgehead atoms. The van der Waals surface area contributed by atoms with Crippen molar-refractivity contribution in [2.24, 2.45) is 5.92 Å². The molecule has 45 heavy (non-hydrogen) atoms. The maximum atomic E-state index is 12.8. The number of anilines is 1. The Bertz CT molecular complexity index is 1910. The molecule has 0 radical (unpaired) electrons. The second-order valence-electron chi connectivity index (χ2n) is 12.3. The van der Waals surface area contributed by atoms with Crippen LogP contribution in [0.2, 0.25) is 0 Å². The second kappa shape index (κ2) is 11.3. The van der Waals surface area contributed by atoms with Gasteiger partial charge in [0, 0.05) is 42.9 Å². The van der Waals surface area contributed by atoms with Gasteiger partial charge in [-0.15, -0.1) is 0 Å². The summed E-state index contributed by atoms with van der Waals surface area (Å²) in [5, 5.41) is 3.71. The molecule has 1 saturated heterocycles. The van der Waals surface area contributed by atoms with Gasteiger partial charge in [0.05, 0.1) is 0 Å². The fourth-order valence-electron chi connectivity index (χ4n) is 7.38. The average molecular weight is 609 g/mol. The Labute approximate surface area is 264 Å². The predicted octanol–water partition coefficient (Wildman–Crippen LogP) is 6.05. The summed E-state index contributed by atoms with van der Waals surface area (Å²) in [5.41, 5.74) is 4.38. The van der Waals surface area contributed by atoms with E-state index in [-0.39, 0.29) is 11.5 Å². The molecule has 6 heteroatoms. The quantitative estimate of drug-likeness (QED) is 0.216. The molecular formula is C39H35N3O2P+. The third-order valence-corrected chi connectivity index (χ3v) is 13.6. The number of hydrogen-bond donors (Lipinski definition) is 0. The van der Waals surface area contributed by atoms with Gasteiger partial charge in [-0.05, 0) is 73.9 Å². The molecule has 2 aromatic heterocycles. The van der Waals surface area contributed by atoms with Gasteiger partial charge in [0.15, 0.2) is 7.26 Å². The van der Waals surface area contributed by atoms with E-state index >= 15 is 0 Å². The van der Waals surface area contributed by atoms with Gasteiger partial charge in [0.25, 0.3) is 16.9 Å². The van der Waals surface area contributed by atoms with Crippen molar-refractivity contribution in [1.29, 1.82) is 0 Å². The number of aromatic nitrogens is 2. The van der Waals surface area contributed by atoms with Crippen molar-refractivity contribution in [1.82, 2.24) is 9.55 Å². The molecular weight excluding hydrogens is 573 g/mol. The van der Waals surface area contributed by atoms with Gasteiger partial charge in [-0.1, -0.05) is 78.4 Å². The molecule has 0 aliphatic carbocycles. The molecule has 4 aromatic carbocycles. The summed E-state index contributed by atoms with van der Waals surface area (Å²) in [4.78, 5) is 20.8. The maximum absolute atomic E-state index is 12.8. The van der Waals surface area contributed by atoms with E-state index in [0.717, 1.165) is 48.6 Å². The molecule has 4 heterocycles. The van der Waals surface area contributed by atoms with E-state index in [0.29, 0.717) is 11.8 Å². The van der Waals surface area contributed by atoms with Crippen LogP contribution in [0.1, 0.15) is 23.6 Å². The average Bonchev–Trinajstić information content (AvgIpc) is 3.53. The Morgan fingerprint density at radius 1 is 0.689 bits per heavy atom. The van der Waals surface area contributed by atoms with Crippen molar-refractivity contribution in [3.05, 3.63) is 155 Å². The molecule has 0 N–H and O–H groups in total. The molecule has 2 aliphatic heterocycles. The van der Waals surface area contributed by atoms with E-state index < -0.39 is 7.26 Å². The van der Waals surface area contributed by atoms with E-state index in [4.69, 9.17) is 9.40 Å². The number of oxazole rings is 1. The lowest BCUT2D eigenvalue weighted by atomic mass is 9.83. The predicted molar refractivity (Wildman–Crippen MR) is 185 cm³/mol. The van der Waals surface area contributed by atoms with Crippen molar-refractivity contribution in [3.8, 4) is 11.5 Å². The number of aryl methyl sites for hydroxylation is 1. The summed E-state index contributed by atoms with van der Waals surface area (Å²) in [7, 11) is -2.52. The Kier molecular flexibility index (Phi) is 6.99. The number of hydrogen-bond acceptors (Lipinski definition) is 4. The van der Waals surface area contributed by atoms with Crippen LogP contribution in [-0.4, -0.2) is 22.6 Å². The first-order chi connectivity index (χ1) is 22.1. The van der Waals surface area contributed by atoms with E-state index in [1.807, 2.05) is 10.6 Å². The smallest absolute Gasteiger partial charge is 0.262 e. The number of rotatable bonds is 6. The number of fused-ring (bicyclic) bond motifs is 4. The highest BCUT2D eigenvalue weighted by Crippen LogP contribution is 2.56. The lowest BCUT2D eigenvalue weighted by Gasteiger charge is -2.42. The van der Waals surface area contributed by atoms with Gasteiger partial charge < -0.3 is 13.9 Å². The van der Waals surface area contributed by atoms with Gasteiger partial charge in [0.1, 0.15) is 15.9 Å². The first-order valence-electron chi connectivity index (χ1n) is 15.7. The van der Waals surface area contributed by atoms with Gasteiger partial charge in [-0.2, -0.15) is 4.98 Å². The lowest BCUT2D eigenvalue weighted by molar-refractivity contribution is 0.275. The van der Waals surface area contributed by atoms with Crippen molar-refractivity contribution < 1.29 is 4.42 Å². The zero-order chi connectivity index (χ0) is 30.4. The normalized spacial score (nSPS) is 17.6. The van der Waals surface area contributed by atoms with E-state index in [1.54, 1.807) is 6.07 Å². The number of pyridine rings is 1. The molecule has 2 aliphatic rings. The summed E-state index contributed by atoms with van der Waals surface area (Å²) in [5.74, 6) is 2.07. The minimum Gasteiger partial charge on any atom is -0.416 e. The standard InChI is InChI=1S/C39H35N3O2P/c1-28-20-22-30(23-21-28)37-40-38(39(44-37)41-25-29-24-31(27-41)35-18-11-19-36(43)42(35)26-29)45(32-12-5-2-6-13-32,33-14-7-3-8-15-33)34-16-9-4-10-17-34/h2-23,29,31H,24-27H2,1H3/q+1. The highest BCUT2D eigenvalue weighted by molar-refractivity contribution is 8.01. The lowest BCUT2D eigenvalue weighted by Crippen LogP contribution is -2.49. The highest BCUT2D eigenvalue weighted by Gasteiger charge is 2.54. The Balaban J connectivity index is 1.39. The second-order valence-corrected chi connectivity index (χ2v) is 15.6. The van der Waals surface area contributed by atoms with Crippen LogP contribution in [0, 0.1) is 12.8 Å². The third kappa shape index (κ3) is 4.74. The monoisotopic (exact) mass is 608 g/mol. The van der Waals surface area contributed by atoms with Crippen LogP contribution in [0.15, 0.2) is 143 Å². The van der Waals surface area contributed by atoms with Crippen molar-refractivity contribution >= 4 is 34.5 Å². The van der Waals surface area contributed by atoms with Crippen molar-refractivity contribution in [3.63, 3.8) is 0 Å². The van der Waals surface area contributed by atoms with E-state index in [9.17, 15) is 4.79 Å². The van der Waals surface area contributed by atoms with Gasteiger partial charge in [0.2, 0.25) is 5.89 Å². The van der Waals surface area contributed by atoms with E-state index in [2.05, 4.69) is 133 Å². The van der Waals surface area contributed by atoms with Crippen LogP contribution in [-0.2, 0) is 6.54 Å². The molecule has 5 nitrogen and oxygen atoms in total. The Hall–Kier alpha value is -4.73. The minimum atomic E-state index is -2.52. The molecule has 0 saturated carbocycles. The summed E-state index contributed by atoms with van der Waals surface area (Å²) in [6, 6.07) is 46.8. The Morgan fingerprint density at radius 2 is 1.29 bits per heavy atom. The third-order valence-electron chi connectivity index (χ3n) is 9.41. The molecule has 6 aromatic rings. The fourth-order valence-corrected chi connectivity index (χ4v) is 11.6. The maximum Gasteiger partial charge on any atom is 0.262 e. The highest BCUT2D eigenvalue weighted by atomic mass is 31.2. The molecule has 8 rings (SSSR count). The topological polar surface area (TPSA) is 51.3 Å². The first-order valence-corrected chi connectivity index (χ1v) is 17.5. The molecule has 0 amide bonds. The SMILES string of the molecule is Cc1ccc(-c2nc([P+](c3ccccc3)(c3ccccc3)c3ccccc3)c(N3CC4CC(C3)c3cccc(=O)n3C4)o2)cc1. The minimum absolute atomic E-state index is 0.0971. The van der Waals surface area contributed by atoms with E-state index in [1.165, 1.54) is 21.5 Å². The van der Waals surface area contributed by atoms with Gasteiger partial charge in [-0.3, -0.25) is 4.79 Å². The molecule has 1 fully saturated rings. The number of benzene rings is 4. The molecule has 222 valence electrons. The zero-order valence-corrected chi connectivity index (χ0v) is 26.2. The van der Waals surface area contributed by atoms with Gasteiger partial charge >= 0.3 is 0 Å². The van der Waals surface area contributed by atoms with Crippen LogP contribution >= 0.6 is 7.26 Å². The molecule has 0 spiro atoms. The van der Waals surface area contributed by atoms with Crippen LogP contribution in [0.5, 0.6) is 0 Å². The largest absolute Gasteiger partial charge is 0.416 e. The summed E-state index contributed by atoms with van der Waals surface area (Å²) in [6.45, 7) is 4.41. The molecule has 2 atom stereocenters. The van der Waals surface area contributed by atoms with Crippen molar-refractivity contribution in [2.45, 2.75) is 25.8 Å². The summed E-state index contributed by atoms with van der Waals surface area (Å²) < 4.78 is 8.99. The van der Waals surface area contributed by atoms with Crippen LogP contribution in [0.3, 0.4) is 0 Å². The number of nitrogens with zero attached hydrogens (tertiary/aromatic N) is 3. The van der Waals surface area contributed by atoms with Crippen LogP contribution in [0.4, 0.5) is 5.88 Å². The number of piperidine rings is 1. The summed E-state index contributed by atoms with van der Waals surface area (Å²) in [6.07, 6.45) is 1.07. The Morgan fingerprint density at radius 3 is 1.89 bits per heavy atom.